The molecule has 0 radical (unpaired) electrons. The highest BCUT2D eigenvalue weighted by Gasteiger charge is 2.36. The Morgan fingerprint density at radius 2 is 1.95 bits per heavy atom. The zero-order valence-corrected chi connectivity index (χ0v) is 22.4. The quantitative estimate of drug-likeness (QED) is 0.304. The fourth-order valence-electron chi connectivity index (χ4n) is 4.54. The number of thiazole rings is 1. The van der Waals surface area contributed by atoms with E-state index in [0.717, 1.165) is 33.1 Å². The first-order chi connectivity index (χ1) is 18.0. The lowest BCUT2D eigenvalue weighted by atomic mass is 10.0. The summed E-state index contributed by atoms with van der Waals surface area (Å²) in [7, 11) is 0. The zero-order chi connectivity index (χ0) is 27.2. The Labute approximate surface area is 225 Å². The Balaban J connectivity index is 1.35. The number of hydrogen-bond donors (Lipinski definition) is 1. The Kier molecular flexibility index (Phi) is 6.99. The van der Waals surface area contributed by atoms with Gasteiger partial charge in [0.1, 0.15) is 17.0 Å². The third kappa shape index (κ3) is 5.04. The van der Waals surface area contributed by atoms with Gasteiger partial charge in [-0.1, -0.05) is 29.8 Å². The average Bonchev–Trinajstić information content (AvgIpc) is 3.58. The van der Waals surface area contributed by atoms with Crippen molar-refractivity contribution in [1.82, 2.24) is 15.2 Å². The SMILES string of the molecule is Cc1cccc(-c2sc(C)nc2C(=O)N2CSC[C@H]2CNC(=O)c2ccc(C(F)(F)F)c3oc(C)cc23)c1. The Bertz CT molecular complexity index is 1540. The smallest absolute Gasteiger partial charge is 0.420 e. The molecule has 0 spiro atoms. The summed E-state index contributed by atoms with van der Waals surface area (Å²) in [5.74, 6) is 0.602. The van der Waals surface area contributed by atoms with Crippen LogP contribution >= 0.6 is 23.1 Å². The van der Waals surface area contributed by atoms with E-state index in [1.165, 1.54) is 24.3 Å². The number of hydrogen-bond acceptors (Lipinski definition) is 6. The molecule has 38 heavy (non-hydrogen) atoms. The van der Waals surface area contributed by atoms with Gasteiger partial charge >= 0.3 is 6.18 Å². The number of halogens is 3. The number of benzene rings is 2. The standard InChI is InChI=1S/C27H24F3N3O3S2/c1-14-5-4-6-17(9-14)24-22(32-16(3)38-24)26(35)33-13-37-12-18(33)11-31-25(34)19-7-8-21(27(28,29)30)23-20(19)10-15(2)36-23/h4-10,18H,11-13H2,1-3H3,(H,31,34)/t18-/m1/s1. The van der Waals surface area contributed by atoms with E-state index >= 15 is 0 Å². The fraction of sp³-hybridized carbons (Fsp3) is 0.296. The van der Waals surface area contributed by atoms with E-state index in [1.807, 2.05) is 38.1 Å². The Hall–Kier alpha value is -3.31. The van der Waals surface area contributed by atoms with Crippen molar-refractivity contribution in [3.05, 3.63) is 75.6 Å². The van der Waals surface area contributed by atoms with Crippen LogP contribution in [0.1, 0.15) is 42.7 Å². The molecule has 0 saturated carbocycles. The van der Waals surface area contributed by atoms with E-state index in [1.54, 1.807) is 16.7 Å². The molecule has 0 unspecified atom stereocenters. The van der Waals surface area contributed by atoms with Gasteiger partial charge in [-0.25, -0.2) is 4.98 Å². The third-order valence-corrected chi connectivity index (χ3v) is 8.42. The van der Waals surface area contributed by atoms with Gasteiger partial charge in [0, 0.05) is 17.7 Å². The zero-order valence-electron chi connectivity index (χ0n) is 20.8. The van der Waals surface area contributed by atoms with Gasteiger partial charge in [0.05, 0.1) is 32.9 Å². The van der Waals surface area contributed by atoms with Gasteiger partial charge in [-0.15, -0.1) is 23.1 Å². The predicted molar refractivity (Wildman–Crippen MR) is 143 cm³/mol. The number of carbonyl (C=O) groups excluding carboxylic acids is 2. The fourth-order valence-corrected chi connectivity index (χ4v) is 6.65. The summed E-state index contributed by atoms with van der Waals surface area (Å²) in [6.07, 6.45) is -4.61. The van der Waals surface area contributed by atoms with Crippen LogP contribution < -0.4 is 5.32 Å². The van der Waals surface area contributed by atoms with E-state index in [0.29, 0.717) is 17.3 Å². The lowest BCUT2D eigenvalue weighted by Gasteiger charge is -2.24. The number of amides is 2. The van der Waals surface area contributed by atoms with Crippen LogP contribution in [-0.2, 0) is 6.18 Å². The molecule has 1 saturated heterocycles. The van der Waals surface area contributed by atoms with Crippen LogP contribution in [0.15, 0.2) is 46.9 Å². The first kappa shape index (κ1) is 26.3. The summed E-state index contributed by atoms with van der Waals surface area (Å²) in [6, 6.07) is 11.1. The number of aryl methyl sites for hydroxylation is 3. The summed E-state index contributed by atoms with van der Waals surface area (Å²) >= 11 is 3.03. The first-order valence-electron chi connectivity index (χ1n) is 11.8. The van der Waals surface area contributed by atoms with Crippen molar-refractivity contribution in [2.45, 2.75) is 33.0 Å². The molecule has 2 aromatic heterocycles. The highest BCUT2D eigenvalue weighted by molar-refractivity contribution is 7.99. The molecule has 3 heterocycles. The topological polar surface area (TPSA) is 75.4 Å². The molecule has 4 aromatic rings. The summed E-state index contributed by atoms with van der Waals surface area (Å²) in [5.41, 5.74) is 1.19. The second kappa shape index (κ2) is 10.1. The molecule has 198 valence electrons. The number of fused-ring (bicyclic) bond motifs is 1. The number of thioether (sulfide) groups is 1. The Morgan fingerprint density at radius 3 is 2.68 bits per heavy atom. The summed E-state index contributed by atoms with van der Waals surface area (Å²) < 4.78 is 45.6. The number of nitrogens with one attached hydrogen (secondary N) is 1. The average molecular weight is 560 g/mol. The molecule has 11 heteroatoms. The highest BCUT2D eigenvalue weighted by atomic mass is 32.2. The Morgan fingerprint density at radius 1 is 1.16 bits per heavy atom. The molecule has 0 aliphatic carbocycles. The van der Waals surface area contributed by atoms with Crippen LogP contribution in [0.4, 0.5) is 13.2 Å². The van der Waals surface area contributed by atoms with Crippen molar-refractivity contribution in [2.24, 2.45) is 0 Å². The molecule has 1 N–H and O–H groups in total. The number of aromatic nitrogens is 1. The van der Waals surface area contributed by atoms with Gasteiger partial charge in [0.15, 0.2) is 0 Å². The second-order valence-corrected chi connectivity index (χ2v) is 11.4. The number of nitrogens with zero attached hydrogens (tertiary/aromatic N) is 2. The molecule has 5 rings (SSSR count). The summed E-state index contributed by atoms with van der Waals surface area (Å²) in [6.45, 7) is 5.54. The largest absolute Gasteiger partial charge is 0.461 e. The normalized spacial score (nSPS) is 15.8. The van der Waals surface area contributed by atoms with Crippen molar-refractivity contribution in [1.29, 1.82) is 0 Å². The number of carbonyl (C=O) groups is 2. The number of furan rings is 1. The number of rotatable bonds is 5. The van der Waals surface area contributed by atoms with E-state index in [2.05, 4.69) is 10.3 Å². The summed E-state index contributed by atoms with van der Waals surface area (Å²) in [4.78, 5) is 33.7. The molecule has 1 fully saturated rings. The molecule has 6 nitrogen and oxygen atoms in total. The maximum absolute atomic E-state index is 13.6. The van der Waals surface area contributed by atoms with E-state index in [9.17, 15) is 22.8 Å². The minimum absolute atomic E-state index is 0.0882. The molecule has 1 aliphatic heterocycles. The van der Waals surface area contributed by atoms with E-state index in [4.69, 9.17) is 4.42 Å². The van der Waals surface area contributed by atoms with Crippen molar-refractivity contribution in [3.63, 3.8) is 0 Å². The van der Waals surface area contributed by atoms with Crippen molar-refractivity contribution in [2.75, 3.05) is 18.2 Å². The minimum Gasteiger partial charge on any atom is -0.461 e. The van der Waals surface area contributed by atoms with Gasteiger partial charge in [-0.2, -0.15) is 13.2 Å². The van der Waals surface area contributed by atoms with Crippen LogP contribution in [-0.4, -0.2) is 45.9 Å². The van der Waals surface area contributed by atoms with Crippen LogP contribution in [0.25, 0.3) is 21.4 Å². The van der Waals surface area contributed by atoms with E-state index in [-0.39, 0.29) is 40.8 Å². The molecule has 2 amide bonds. The molecular formula is C27H24F3N3O3S2. The van der Waals surface area contributed by atoms with Crippen LogP contribution in [0.5, 0.6) is 0 Å². The lowest BCUT2D eigenvalue weighted by Crippen LogP contribution is -2.44. The third-order valence-electron chi connectivity index (χ3n) is 6.31. The van der Waals surface area contributed by atoms with Crippen molar-refractivity contribution in [3.8, 4) is 10.4 Å². The van der Waals surface area contributed by atoms with Crippen molar-refractivity contribution >= 4 is 45.9 Å². The summed E-state index contributed by atoms with van der Waals surface area (Å²) in [5, 5.41) is 3.69. The predicted octanol–water partition coefficient (Wildman–Crippen LogP) is 6.45. The number of alkyl halides is 3. The first-order valence-corrected chi connectivity index (χ1v) is 13.8. The molecular weight excluding hydrogens is 535 g/mol. The molecule has 1 aliphatic rings. The molecule has 1 atom stereocenters. The van der Waals surface area contributed by atoms with Gasteiger partial charge in [-0.05, 0) is 44.5 Å². The van der Waals surface area contributed by atoms with Crippen molar-refractivity contribution < 1.29 is 27.2 Å². The molecule has 2 aromatic carbocycles. The monoisotopic (exact) mass is 559 g/mol. The maximum atomic E-state index is 13.6. The van der Waals surface area contributed by atoms with Crippen LogP contribution in [0.3, 0.4) is 0 Å². The molecule has 0 bridgehead atoms. The maximum Gasteiger partial charge on any atom is 0.420 e. The van der Waals surface area contributed by atoms with E-state index < -0.39 is 17.6 Å². The lowest BCUT2D eigenvalue weighted by molar-refractivity contribution is -0.136. The van der Waals surface area contributed by atoms with Gasteiger partial charge < -0.3 is 14.6 Å². The van der Waals surface area contributed by atoms with Gasteiger partial charge in [0.2, 0.25) is 0 Å². The highest BCUT2D eigenvalue weighted by Crippen LogP contribution is 2.38. The van der Waals surface area contributed by atoms with Gasteiger partial charge in [-0.3, -0.25) is 9.59 Å². The van der Waals surface area contributed by atoms with Gasteiger partial charge in [0.25, 0.3) is 11.8 Å². The van der Waals surface area contributed by atoms with Crippen LogP contribution in [0.2, 0.25) is 0 Å². The minimum atomic E-state index is -4.61. The van der Waals surface area contributed by atoms with Crippen LogP contribution in [0, 0.1) is 20.8 Å². The second-order valence-electron chi connectivity index (χ2n) is 9.18.